The van der Waals surface area contributed by atoms with Gasteiger partial charge in [-0.05, 0) is 42.7 Å². The molecule has 0 aliphatic heterocycles. The molecule has 1 fully saturated rings. The third-order valence-corrected chi connectivity index (χ3v) is 3.66. The number of methoxy groups -OCH3 is 1. The number of nitrogens with one attached hydrogen (secondary N) is 2. The molecule has 1 amide bonds. The highest BCUT2D eigenvalue weighted by Gasteiger charge is 2.26. The van der Waals surface area contributed by atoms with E-state index in [0.29, 0.717) is 22.9 Å². The van der Waals surface area contributed by atoms with Crippen molar-refractivity contribution in [2.75, 3.05) is 12.4 Å². The van der Waals surface area contributed by atoms with Crippen LogP contribution in [-0.4, -0.2) is 34.3 Å². The summed E-state index contributed by atoms with van der Waals surface area (Å²) in [6.45, 7) is 0.262. The van der Waals surface area contributed by atoms with Gasteiger partial charge in [0.2, 0.25) is 0 Å². The zero-order chi connectivity index (χ0) is 16.4. The fraction of sp³-hybridized carbons (Fsp3) is 0.312. The molecule has 23 heavy (non-hydrogen) atoms. The maximum absolute atomic E-state index is 12.2. The van der Waals surface area contributed by atoms with E-state index in [-0.39, 0.29) is 18.1 Å². The van der Waals surface area contributed by atoms with Gasteiger partial charge in [0, 0.05) is 24.4 Å². The van der Waals surface area contributed by atoms with Crippen LogP contribution in [0.5, 0.6) is 0 Å². The van der Waals surface area contributed by atoms with Gasteiger partial charge in [-0.3, -0.25) is 9.89 Å². The quantitative estimate of drug-likeness (QED) is 0.759. The van der Waals surface area contributed by atoms with Crippen LogP contribution >= 0.6 is 0 Å². The second-order valence-corrected chi connectivity index (χ2v) is 5.59. The van der Waals surface area contributed by atoms with Crippen molar-refractivity contribution >= 4 is 17.6 Å². The molecule has 3 N–H and O–H groups in total. The number of nitrogens with zero attached hydrogens (tertiary/aromatic N) is 1. The van der Waals surface area contributed by atoms with Crippen LogP contribution in [0, 0.1) is 0 Å². The summed E-state index contributed by atoms with van der Waals surface area (Å²) >= 11 is 0. The number of hydrogen-bond donors (Lipinski definition) is 3. The number of rotatable bonds is 6. The summed E-state index contributed by atoms with van der Waals surface area (Å²) in [5.41, 5.74) is 2.42. The maximum Gasteiger partial charge on any atom is 0.335 e. The highest BCUT2D eigenvalue weighted by Crippen LogP contribution is 2.39. The highest BCUT2D eigenvalue weighted by molar-refractivity contribution is 6.03. The molecule has 1 aliphatic rings. The van der Waals surface area contributed by atoms with Gasteiger partial charge >= 0.3 is 5.97 Å². The summed E-state index contributed by atoms with van der Waals surface area (Å²) in [5.74, 6) is -0.957. The first kappa shape index (κ1) is 15.2. The topological polar surface area (TPSA) is 104 Å². The number of carboxylic acids is 1. The van der Waals surface area contributed by atoms with Crippen LogP contribution in [0.15, 0.2) is 24.3 Å². The van der Waals surface area contributed by atoms with Gasteiger partial charge in [0.1, 0.15) is 0 Å². The van der Waals surface area contributed by atoms with Gasteiger partial charge in [0.05, 0.1) is 12.2 Å². The number of aromatic carboxylic acids is 1. The van der Waals surface area contributed by atoms with Crippen LogP contribution in [0.3, 0.4) is 0 Å². The van der Waals surface area contributed by atoms with Gasteiger partial charge in [-0.15, -0.1) is 0 Å². The Hall–Kier alpha value is -2.67. The molecule has 0 radical (unpaired) electrons. The SMILES string of the molecule is COCc1cc(NC(=O)c2cc(C3CC3)[nH]n2)cc(C(=O)O)c1. The van der Waals surface area contributed by atoms with E-state index in [2.05, 4.69) is 15.5 Å². The van der Waals surface area contributed by atoms with Crippen LogP contribution < -0.4 is 5.32 Å². The molecule has 1 aromatic heterocycles. The number of aromatic amines is 1. The average molecular weight is 315 g/mol. The number of ether oxygens (including phenoxy) is 1. The van der Waals surface area contributed by atoms with E-state index >= 15 is 0 Å². The van der Waals surface area contributed by atoms with Crippen molar-refractivity contribution < 1.29 is 19.4 Å². The smallest absolute Gasteiger partial charge is 0.335 e. The summed E-state index contributed by atoms with van der Waals surface area (Å²) in [7, 11) is 1.52. The van der Waals surface area contributed by atoms with Crippen LogP contribution in [0.25, 0.3) is 0 Å². The minimum Gasteiger partial charge on any atom is -0.478 e. The Balaban J connectivity index is 1.79. The number of benzene rings is 1. The average Bonchev–Trinajstić information content (AvgIpc) is 3.24. The summed E-state index contributed by atoms with van der Waals surface area (Å²) in [6.07, 6.45) is 2.23. The number of amides is 1. The lowest BCUT2D eigenvalue weighted by molar-refractivity contribution is 0.0696. The van der Waals surface area contributed by atoms with Crippen molar-refractivity contribution in [1.82, 2.24) is 10.2 Å². The number of anilines is 1. The molecule has 1 aromatic carbocycles. The molecule has 0 saturated heterocycles. The molecular weight excluding hydrogens is 298 g/mol. The van der Waals surface area contributed by atoms with E-state index in [1.54, 1.807) is 12.1 Å². The monoisotopic (exact) mass is 315 g/mol. The van der Waals surface area contributed by atoms with Gasteiger partial charge < -0.3 is 15.2 Å². The lowest BCUT2D eigenvalue weighted by Gasteiger charge is -2.08. The first-order chi connectivity index (χ1) is 11.1. The van der Waals surface area contributed by atoms with Crippen molar-refractivity contribution in [2.24, 2.45) is 0 Å². The van der Waals surface area contributed by atoms with Crippen LogP contribution in [-0.2, 0) is 11.3 Å². The standard InChI is InChI=1S/C16H17N3O4/c1-23-8-9-4-11(16(21)22)6-12(5-9)17-15(20)14-7-13(18-19-14)10-2-3-10/h4-7,10H,2-3,8H2,1H3,(H,17,20)(H,18,19)(H,21,22). The van der Waals surface area contributed by atoms with E-state index in [4.69, 9.17) is 9.84 Å². The Morgan fingerprint density at radius 2 is 2.13 bits per heavy atom. The number of carbonyl (C=O) groups excluding carboxylic acids is 1. The largest absolute Gasteiger partial charge is 0.478 e. The number of carbonyl (C=O) groups is 2. The molecule has 1 heterocycles. The van der Waals surface area contributed by atoms with Crippen molar-refractivity contribution in [3.63, 3.8) is 0 Å². The van der Waals surface area contributed by atoms with E-state index in [0.717, 1.165) is 18.5 Å². The third kappa shape index (κ3) is 3.57. The number of H-pyrrole nitrogens is 1. The molecule has 1 saturated carbocycles. The van der Waals surface area contributed by atoms with Crippen molar-refractivity contribution in [2.45, 2.75) is 25.4 Å². The van der Waals surface area contributed by atoms with Gasteiger partial charge in [-0.1, -0.05) is 0 Å². The molecule has 120 valence electrons. The molecule has 3 rings (SSSR count). The minimum atomic E-state index is -1.06. The summed E-state index contributed by atoms with van der Waals surface area (Å²) < 4.78 is 5.02. The number of hydrogen-bond acceptors (Lipinski definition) is 4. The summed E-state index contributed by atoms with van der Waals surface area (Å²) in [6, 6.07) is 6.35. The van der Waals surface area contributed by atoms with E-state index in [1.807, 2.05) is 0 Å². The Morgan fingerprint density at radius 1 is 1.35 bits per heavy atom. The first-order valence-electron chi connectivity index (χ1n) is 7.29. The number of carboxylic acid groups (broad SMARTS) is 1. The lowest BCUT2D eigenvalue weighted by Crippen LogP contribution is -2.13. The molecule has 0 unspecified atom stereocenters. The van der Waals surface area contributed by atoms with Gasteiger partial charge in [-0.2, -0.15) is 5.10 Å². The highest BCUT2D eigenvalue weighted by atomic mass is 16.5. The van der Waals surface area contributed by atoms with Gasteiger partial charge in [0.15, 0.2) is 5.69 Å². The Kier molecular flexibility index (Phi) is 4.12. The van der Waals surface area contributed by atoms with Gasteiger partial charge in [0.25, 0.3) is 5.91 Å². The molecule has 2 aromatic rings. The fourth-order valence-corrected chi connectivity index (χ4v) is 2.39. The van der Waals surface area contributed by atoms with Crippen molar-refractivity contribution in [1.29, 1.82) is 0 Å². The van der Waals surface area contributed by atoms with Crippen LogP contribution in [0.1, 0.15) is 50.9 Å². The van der Waals surface area contributed by atoms with E-state index in [1.165, 1.54) is 19.2 Å². The first-order valence-corrected chi connectivity index (χ1v) is 7.29. The van der Waals surface area contributed by atoms with Crippen molar-refractivity contribution in [3.8, 4) is 0 Å². The Bertz CT molecular complexity index is 750. The zero-order valence-corrected chi connectivity index (χ0v) is 12.6. The molecule has 0 bridgehead atoms. The molecule has 7 heteroatoms. The predicted molar refractivity (Wildman–Crippen MR) is 82.6 cm³/mol. The molecule has 7 nitrogen and oxygen atoms in total. The van der Waals surface area contributed by atoms with Gasteiger partial charge in [-0.25, -0.2) is 4.79 Å². The summed E-state index contributed by atoms with van der Waals surface area (Å²) in [4.78, 5) is 23.4. The van der Waals surface area contributed by atoms with Crippen molar-refractivity contribution in [3.05, 3.63) is 46.8 Å². The van der Waals surface area contributed by atoms with Crippen LogP contribution in [0.2, 0.25) is 0 Å². The normalized spacial score (nSPS) is 13.8. The maximum atomic E-state index is 12.2. The van der Waals surface area contributed by atoms with Crippen LogP contribution in [0.4, 0.5) is 5.69 Å². The Labute approximate surface area is 132 Å². The molecule has 0 spiro atoms. The minimum absolute atomic E-state index is 0.0931. The Morgan fingerprint density at radius 3 is 2.78 bits per heavy atom. The third-order valence-electron chi connectivity index (χ3n) is 3.66. The zero-order valence-electron chi connectivity index (χ0n) is 12.6. The molecule has 0 atom stereocenters. The number of aromatic nitrogens is 2. The second kappa shape index (κ2) is 6.21. The fourth-order valence-electron chi connectivity index (χ4n) is 2.39. The second-order valence-electron chi connectivity index (χ2n) is 5.59. The van der Waals surface area contributed by atoms with E-state index in [9.17, 15) is 9.59 Å². The summed E-state index contributed by atoms with van der Waals surface area (Å²) in [5, 5.41) is 18.7. The molecular formula is C16H17N3O4. The van der Waals surface area contributed by atoms with E-state index < -0.39 is 5.97 Å². The lowest BCUT2D eigenvalue weighted by atomic mass is 10.1. The predicted octanol–water partition coefficient (Wildman–Crippen LogP) is 2.38. The molecule has 1 aliphatic carbocycles.